The molecule has 0 atom stereocenters. The summed E-state index contributed by atoms with van der Waals surface area (Å²) in [6.07, 6.45) is 11.0. The molecule has 0 saturated heterocycles. The molecule has 0 amide bonds. The van der Waals surface area contributed by atoms with E-state index in [9.17, 15) is 4.79 Å². The minimum absolute atomic E-state index is 0.0517. The maximum atomic E-state index is 12.3. The van der Waals surface area contributed by atoms with Gasteiger partial charge in [0.2, 0.25) is 0 Å². The highest BCUT2D eigenvalue weighted by Gasteiger charge is 2.32. The van der Waals surface area contributed by atoms with Crippen molar-refractivity contribution < 1.29 is 4.79 Å². The number of carbonyl (C=O) groups excluding carboxylic acids is 1. The Kier molecular flexibility index (Phi) is 4.75. The molecule has 1 aliphatic carbocycles. The van der Waals surface area contributed by atoms with Gasteiger partial charge in [0.1, 0.15) is 5.78 Å². The van der Waals surface area contributed by atoms with E-state index in [0.29, 0.717) is 18.6 Å². The number of aryl methyl sites for hydroxylation is 1. The molecule has 0 aliphatic heterocycles. The van der Waals surface area contributed by atoms with Crippen LogP contribution in [-0.4, -0.2) is 28.2 Å². The van der Waals surface area contributed by atoms with Crippen LogP contribution in [0.4, 0.5) is 0 Å². The van der Waals surface area contributed by atoms with Gasteiger partial charge < -0.3 is 5.32 Å². The largest absolute Gasteiger partial charge is 0.314 e. The molecule has 106 valence electrons. The molecule has 0 bridgehead atoms. The standard InChI is InChI=1S/C15H25N3O/c1-3-18-12-13(11-17-18)9-14(19)10-15(16-2)7-5-4-6-8-15/h11-12,16H,3-10H2,1-2H3. The molecule has 1 aromatic heterocycles. The summed E-state index contributed by atoms with van der Waals surface area (Å²) in [4.78, 5) is 12.3. The lowest BCUT2D eigenvalue weighted by Crippen LogP contribution is -2.46. The van der Waals surface area contributed by atoms with Crippen LogP contribution in [0.25, 0.3) is 0 Å². The molecule has 1 fully saturated rings. The summed E-state index contributed by atoms with van der Waals surface area (Å²) in [6.45, 7) is 2.91. The Morgan fingerprint density at radius 3 is 2.74 bits per heavy atom. The molecule has 1 heterocycles. The van der Waals surface area contributed by atoms with E-state index in [4.69, 9.17) is 0 Å². The van der Waals surface area contributed by atoms with E-state index in [1.165, 1.54) is 19.3 Å². The molecule has 0 unspecified atom stereocenters. The normalized spacial score (nSPS) is 18.4. The molecule has 1 N–H and O–H groups in total. The first kappa shape index (κ1) is 14.3. The highest BCUT2D eigenvalue weighted by Crippen LogP contribution is 2.31. The van der Waals surface area contributed by atoms with Gasteiger partial charge in [-0.1, -0.05) is 19.3 Å². The second kappa shape index (κ2) is 6.33. The quantitative estimate of drug-likeness (QED) is 0.857. The first-order chi connectivity index (χ1) is 9.17. The van der Waals surface area contributed by atoms with Gasteiger partial charge in [0, 0.05) is 31.1 Å². The molecule has 1 aliphatic rings. The van der Waals surface area contributed by atoms with Crippen molar-refractivity contribution in [3.63, 3.8) is 0 Å². The van der Waals surface area contributed by atoms with Gasteiger partial charge in [0.05, 0.1) is 6.20 Å². The van der Waals surface area contributed by atoms with Crippen molar-refractivity contribution in [1.29, 1.82) is 0 Å². The van der Waals surface area contributed by atoms with Crippen LogP contribution in [0.15, 0.2) is 12.4 Å². The van der Waals surface area contributed by atoms with E-state index >= 15 is 0 Å². The van der Waals surface area contributed by atoms with Gasteiger partial charge in [0.25, 0.3) is 0 Å². The summed E-state index contributed by atoms with van der Waals surface area (Å²) in [7, 11) is 1.99. The van der Waals surface area contributed by atoms with Crippen LogP contribution < -0.4 is 5.32 Å². The van der Waals surface area contributed by atoms with Crippen molar-refractivity contribution in [2.75, 3.05) is 7.05 Å². The third-order valence-corrected chi connectivity index (χ3v) is 4.29. The molecule has 19 heavy (non-hydrogen) atoms. The SMILES string of the molecule is CCn1cc(CC(=O)CC2(NC)CCCCC2)cn1. The lowest BCUT2D eigenvalue weighted by molar-refractivity contribution is -0.120. The van der Waals surface area contributed by atoms with Crippen molar-refractivity contribution >= 4 is 5.78 Å². The minimum Gasteiger partial charge on any atom is -0.314 e. The Balaban J connectivity index is 1.92. The maximum absolute atomic E-state index is 12.3. The molecule has 0 radical (unpaired) electrons. The Labute approximate surface area is 115 Å². The average Bonchev–Trinajstić information content (AvgIpc) is 2.87. The fraction of sp³-hybridized carbons (Fsp3) is 0.733. The van der Waals surface area contributed by atoms with Crippen molar-refractivity contribution in [3.05, 3.63) is 18.0 Å². The number of rotatable bonds is 6. The van der Waals surface area contributed by atoms with Gasteiger partial charge in [-0.25, -0.2) is 0 Å². The summed E-state index contributed by atoms with van der Waals surface area (Å²) < 4.78 is 1.87. The van der Waals surface area contributed by atoms with Crippen LogP contribution in [0.5, 0.6) is 0 Å². The number of hydrogen-bond donors (Lipinski definition) is 1. The zero-order chi connectivity index (χ0) is 13.7. The van der Waals surface area contributed by atoms with Gasteiger partial charge in [-0.15, -0.1) is 0 Å². The smallest absolute Gasteiger partial charge is 0.139 e. The Morgan fingerprint density at radius 2 is 2.16 bits per heavy atom. The van der Waals surface area contributed by atoms with Gasteiger partial charge >= 0.3 is 0 Å². The third-order valence-electron chi connectivity index (χ3n) is 4.29. The van der Waals surface area contributed by atoms with E-state index in [-0.39, 0.29) is 5.54 Å². The summed E-state index contributed by atoms with van der Waals surface area (Å²) in [6, 6.07) is 0. The van der Waals surface area contributed by atoms with Crippen LogP contribution in [-0.2, 0) is 17.8 Å². The van der Waals surface area contributed by atoms with Crippen molar-refractivity contribution in [2.24, 2.45) is 0 Å². The zero-order valence-corrected chi connectivity index (χ0v) is 12.1. The number of nitrogens with one attached hydrogen (secondary N) is 1. The van der Waals surface area contributed by atoms with Crippen LogP contribution in [0, 0.1) is 0 Å². The lowest BCUT2D eigenvalue weighted by atomic mass is 9.78. The molecule has 2 rings (SSSR count). The predicted octanol–water partition coefficient (Wildman–Crippen LogP) is 2.33. The maximum Gasteiger partial charge on any atom is 0.139 e. The summed E-state index contributed by atoms with van der Waals surface area (Å²) in [5.74, 6) is 0.326. The number of carbonyl (C=O) groups is 1. The number of aromatic nitrogens is 2. The van der Waals surface area contributed by atoms with Crippen LogP contribution in [0.1, 0.15) is 51.0 Å². The monoisotopic (exact) mass is 263 g/mol. The number of Topliss-reactive ketones (excluding diaryl/α,β-unsaturated/α-hetero) is 1. The van der Waals surface area contributed by atoms with Crippen molar-refractivity contribution in [3.8, 4) is 0 Å². The zero-order valence-electron chi connectivity index (χ0n) is 12.1. The molecule has 4 nitrogen and oxygen atoms in total. The molecule has 4 heteroatoms. The molecule has 1 saturated carbocycles. The van der Waals surface area contributed by atoms with Crippen LogP contribution >= 0.6 is 0 Å². The third kappa shape index (κ3) is 3.66. The lowest BCUT2D eigenvalue weighted by Gasteiger charge is -2.36. The number of nitrogens with zero attached hydrogens (tertiary/aromatic N) is 2. The molecular formula is C15H25N3O. The fourth-order valence-corrected chi connectivity index (χ4v) is 3.08. The number of hydrogen-bond acceptors (Lipinski definition) is 3. The van der Waals surface area contributed by atoms with E-state index in [0.717, 1.165) is 24.9 Å². The van der Waals surface area contributed by atoms with E-state index in [2.05, 4.69) is 17.3 Å². The summed E-state index contributed by atoms with van der Waals surface area (Å²) in [5.41, 5.74) is 1.09. The van der Waals surface area contributed by atoms with Gasteiger partial charge in [0.15, 0.2) is 0 Å². The first-order valence-corrected chi connectivity index (χ1v) is 7.39. The van der Waals surface area contributed by atoms with Gasteiger partial charge in [-0.05, 0) is 32.4 Å². The highest BCUT2D eigenvalue weighted by atomic mass is 16.1. The molecule has 0 spiro atoms. The topological polar surface area (TPSA) is 46.9 Å². The Bertz CT molecular complexity index is 419. The van der Waals surface area contributed by atoms with Gasteiger partial charge in [-0.3, -0.25) is 9.48 Å². The Hall–Kier alpha value is -1.16. The Morgan fingerprint density at radius 1 is 1.42 bits per heavy atom. The van der Waals surface area contributed by atoms with E-state index < -0.39 is 0 Å². The van der Waals surface area contributed by atoms with E-state index in [1.54, 1.807) is 0 Å². The highest BCUT2D eigenvalue weighted by molar-refractivity contribution is 5.81. The molecular weight excluding hydrogens is 238 g/mol. The summed E-state index contributed by atoms with van der Waals surface area (Å²) in [5, 5.41) is 7.63. The van der Waals surface area contributed by atoms with Crippen LogP contribution in [0.3, 0.4) is 0 Å². The van der Waals surface area contributed by atoms with Crippen molar-refractivity contribution in [1.82, 2.24) is 15.1 Å². The molecule has 1 aromatic rings. The van der Waals surface area contributed by atoms with Crippen molar-refractivity contribution in [2.45, 2.75) is 64.0 Å². The molecule has 0 aromatic carbocycles. The second-order valence-corrected chi connectivity index (χ2v) is 5.69. The van der Waals surface area contributed by atoms with E-state index in [1.807, 2.05) is 24.1 Å². The van der Waals surface area contributed by atoms with Gasteiger partial charge in [-0.2, -0.15) is 5.10 Å². The minimum atomic E-state index is 0.0517. The first-order valence-electron chi connectivity index (χ1n) is 7.39. The number of ketones is 1. The fourth-order valence-electron chi connectivity index (χ4n) is 3.08. The summed E-state index contributed by atoms with van der Waals surface area (Å²) >= 11 is 0. The predicted molar refractivity (Wildman–Crippen MR) is 76.1 cm³/mol. The average molecular weight is 263 g/mol. The van der Waals surface area contributed by atoms with Crippen LogP contribution in [0.2, 0.25) is 0 Å². The second-order valence-electron chi connectivity index (χ2n) is 5.69.